The van der Waals surface area contributed by atoms with Crippen LogP contribution in [0.5, 0.6) is 0 Å². The third-order valence-corrected chi connectivity index (χ3v) is 3.90. The van der Waals surface area contributed by atoms with Crippen LogP contribution in [0.25, 0.3) is 11.0 Å². The highest BCUT2D eigenvalue weighted by Crippen LogP contribution is 2.15. The van der Waals surface area contributed by atoms with E-state index >= 15 is 0 Å². The zero-order valence-corrected chi connectivity index (χ0v) is 13.9. The lowest BCUT2D eigenvalue weighted by molar-refractivity contribution is 0.0315. The van der Waals surface area contributed by atoms with Gasteiger partial charge in [0, 0.05) is 16.0 Å². The second-order valence-electron chi connectivity index (χ2n) is 5.40. The van der Waals surface area contributed by atoms with E-state index in [4.69, 9.17) is 20.8 Å². The molecule has 0 N–H and O–H groups in total. The molecule has 3 aromatic rings. The van der Waals surface area contributed by atoms with Gasteiger partial charge in [0.05, 0.1) is 0 Å². The number of halogens is 1. The van der Waals surface area contributed by atoms with Gasteiger partial charge in [-0.3, -0.25) is 4.79 Å². The monoisotopic (exact) mass is 356 g/mol. The summed E-state index contributed by atoms with van der Waals surface area (Å²) in [5.74, 6) is -1.30. The maximum absolute atomic E-state index is 12.3. The summed E-state index contributed by atoms with van der Waals surface area (Å²) in [4.78, 5) is 36.5. The average molecular weight is 357 g/mol. The summed E-state index contributed by atoms with van der Waals surface area (Å²) in [6, 6.07) is 14.4. The highest BCUT2D eigenvalue weighted by Gasteiger charge is 2.23. The molecule has 0 radical (unpaired) electrons. The minimum atomic E-state index is -1.06. The number of rotatable bonds is 4. The smallest absolute Gasteiger partial charge is 0.351 e. The quantitative estimate of drug-likeness (QED) is 0.403. The maximum atomic E-state index is 12.3. The first-order valence-electron chi connectivity index (χ1n) is 7.49. The Morgan fingerprint density at radius 1 is 1.08 bits per heavy atom. The molecule has 0 fully saturated rings. The van der Waals surface area contributed by atoms with Crippen molar-refractivity contribution in [1.29, 1.82) is 0 Å². The zero-order chi connectivity index (χ0) is 18.0. The fourth-order valence-corrected chi connectivity index (χ4v) is 2.46. The number of hydrogen-bond acceptors (Lipinski definition) is 5. The van der Waals surface area contributed by atoms with Crippen LogP contribution in [0, 0.1) is 0 Å². The normalized spacial score (nSPS) is 11.9. The maximum Gasteiger partial charge on any atom is 0.351 e. The largest absolute Gasteiger partial charge is 0.450 e. The van der Waals surface area contributed by atoms with Gasteiger partial charge in [0.25, 0.3) is 0 Å². The van der Waals surface area contributed by atoms with Crippen LogP contribution in [0.3, 0.4) is 0 Å². The number of hydrogen-bond donors (Lipinski definition) is 0. The number of ketones is 1. The number of esters is 1. The van der Waals surface area contributed by atoms with Crippen molar-refractivity contribution in [3.8, 4) is 0 Å². The van der Waals surface area contributed by atoms with Gasteiger partial charge in [0.15, 0.2) is 6.10 Å². The van der Waals surface area contributed by atoms with Crippen LogP contribution in [-0.2, 0) is 4.74 Å². The molecule has 0 amide bonds. The fourth-order valence-electron chi connectivity index (χ4n) is 2.33. The Morgan fingerprint density at radius 2 is 1.76 bits per heavy atom. The van der Waals surface area contributed by atoms with Crippen molar-refractivity contribution in [3.63, 3.8) is 0 Å². The summed E-state index contributed by atoms with van der Waals surface area (Å²) in [7, 11) is 0. The fraction of sp³-hybridized carbons (Fsp3) is 0.105. The van der Waals surface area contributed by atoms with Crippen molar-refractivity contribution in [2.24, 2.45) is 0 Å². The minimum absolute atomic E-state index is 0.255. The molecule has 2 aromatic carbocycles. The SMILES string of the molecule is C[C@H](OC(=O)c1cc2ccccc2oc1=O)C(=O)c1ccc(Cl)cc1. The third-order valence-electron chi connectivity index (χ3n) is 3.64. The Morgan fingerprint density at radius 3 is 2.48 bits per heavy atom. The highest BCUT2D eigenvalue weighted by molar-refractivity contribution is 6.30. The topological polar surface area (TPSA) is 73.6 Å². The number of carbonyl (C=O) groups excluding carboxylic acids is 2. The Labute approximate surface area is 147 Å². The van der Waals surface area contributed by atoms with E-state index in [9.17, 15) is 14.4 Å². The summed E-state index contributed by atoms with van der Waals surface area (Å²) >= 11 is 5.78. The molecule has 3 rings (SSSR count). The molecule has 126 valence electrons. The summed E-state index contributed by atoms with van der Waals surface area (Å²) in [5.41, 5.74) is -0.339. The Hall–Kier alpha value is -2.92. The summed E-state index contributed by atoms with van der Waals surface area (Å²) < 4.78 is 10.2. The molecule has 0 aliphatic heterocycles. The third kappa shape index (κ3) is 3.61. The van der Waals surface area contributed by atoms with E-state index < -0.39 is 23.5 Å². The van der Waals surface area contributed by atoms with Crippen LogP contribution in [0.4, 0.5) is 0 Å². The van der Waals surface area contributed by atoms with E-state index in [1.807, 2.05) is 0 Å². The van der Waals surface area contributed by atoms with Crippen LogP contribution in [-0.4, -0.2) is 17.9 Å². The van der Waals surface area contributed by atoms with Crippen molar-refractivity contribution in [1.82, 2.24) is 0 Å². The van der Waals surface area contributed by atoms with E-state index in [0.29, 0.717) is 21.6 Å². The van der Waals surface area contributed by atoms with Gasteiger partial charge in [0.2, 0.25) is 5.78 Å². The van der Waals surface area contributed by atoms with Crippen molar-refractivity contribution in [3.05, 3.63) is 81.2 Å². The molecule has 0 unspecified atom stereocenters. The van der Waals surface area contributed by atoms with Crippen LogP contribution >= 0.6 is 11.6 Å². The predicted octanol–water partition coefficient (Wildman–Crippen LogP) is 3.87. The zero-order valence-electron chi connectivity index (χ0n) is 13.2. The summed E-state index contributed by atoms with van der Waals surface area (Å²) in [6.07, 6.45) is -1.06. The molecular weight excluding hydrogens is 344 g/mol. The molecule has 1 heterocycles. The molecule has 1 atom stereocenters. The first kappa shape index (κ1) is 16.9. The molecule has 0 bridgehead atoms. The van der Waals surface area contributed by atoms with E-state index in [0.717, 1.165) is 0 Å². The van der Waals surface area contributed by atoms with Crippen molar-refractivity contribution < 1.29 is 18.7 Å². The molecule has 0 spiro atoms. The van der Waals surface area contributed by atoms with Crippen LogP contribution in [0.2, 0.25) is 5.02 Å². The lowest BCUT2D eigenvalue weighted by Crippen LogP contribution is -2.27. The molecule has 0 aliphatic rings. The lowest BCUT2D eigenvalue weighted by atomic mass is 10.1. The van der Waals surface area contributed by atoms with Gasteiger partial charge >= 0.3 is 11.6 Å². The van der Waals surface area contributed by atoms with E-state index in [1.54, 1.807) is 48.5 Å². The van der Waals surface area contributed by atoms with Gasteiger partial charge in [-0.15, -0.1) is 0 Å². The van der Waals surface area contributed by atoms with Gasteiger partial charge in [-0.25, -0.2) is 9.59 Å². The number of ether oxygens (including phenoxy) is 1. The predicted molar refractivity (Wildman–Crippen MR) is 93.1 cm³/mol. The molecule has 0 saturated heterocycles. The highest BCUT2D eigenvalue weighted by atomic mass is 35.5. The second-order valence-corrected chi connectivity index (χ2v) is 5.84. The number of para-hydroxylation sites is 1. The number of Topliss-reactive ketones (excluding diaryl/α,β-unsaturated/α-hetero) is 1. The molecule has 5 nitrogen and oxygen atoms in total. The Balaban J connectivity index is 1.82. The molecule has 0 aliphatic carbocycles. The minimum Gasteiger partial charge on any atom is -0.450 e. The first-order chi connectivity index (χ1) is 12.0. The van der Waals surface area contributed by atoms with Gasteiger partial charge < -0.3 is 9.15 Å². The van der Waals surface area contributed by atoms with Crippen LogP contribution in [0.15, 0.2) is 63.8 Å². The summed E-state index contributed by atoms with van der Waals surface area (Å²) in [6.45, 7) is 1.44. The van der Waals surface area contributed by atoms with Gasteiger partial charge in [0.1, 0.15) is 11.1 Å². The average Bonchev–Trinajstić information content (AvgIpc) is 2.61. The van der Waals surface area contributed by atoms with Crippen molar-refractivity contribution in [2.45, 2.75) is 13.0 Å². The molecular formula is C19H13ClO5. The molecule has 0 saturated carbocycles. The molecule has 25 heavy (non-hydrogen) atoms. The van der Waals surface area contributed by atoms with E-state index in [1.165, 1.54) is 13.0 Å². The van der Waals surface area contributed by atoms with E-state index in [-0.39, 0.29) is 5.56 Å². The number of carbonyl (C=O) groups is 2. The number of fused-ring (bicyclic) bond motifs is 1. The van der Waals surface area contributed by atoms with Gasteiger partial charge in [-0.2, -0.15) is 0 Å². The van der Waals surface area contributed by atoms with Gasteiger partial charge in [-0.05, 0) is 43.3 Å². The standard InChI is InChI=1S/C19H13ClO5/c1-11(17(21)12-6-8-14(20)9-7-12)24-18(22)15-10-13-4-2-3-5-16(13)25-19(15)23/h2-11H,1H3/t11-/m0/s1. The van der Waals surface area contributed by atoms with E-state index in [2.05, 4.69) is 0 Å². The molecule has 1 aromatic heterocycles. The summed E-state index contributed by atoms with van der Waals surface area (Å²) in [5, 5.41) is 1.08. The van der Waals surface area contributed by atoms with Crippen molar-refractivity contribution >= 4 is 34.3 Å². The van der Waals surface area contributed by atoms with Gasteiger partial charge in [-0.1, -0.05) is 29.8 Å². The van der Waals surface area contributed by atoms with Crippen molar-refractivity contribution in [2.75, 3.05) is 0 Å². The van der Waals surface area contributed by atoms with Crippen LogP contribution < -0.4 is 5.63 Å². The molecule has 6 heteroatoms. The van der Waals surface area contributed by atoms with Crippen LogP contribution in [0.1, 0.15) is 27.6 Å². The Bertz CT molecular complexity index is 1000. The lowest BCUT2D eigenvalue weighted by Gasteiger charge is -2.12. The Kier molecular flexibility index (Phi) is 4.67. The first-order valence-corrected chi connectivity index (χ1v) is 7.87. The second kappa shape index (κ2) is 6.91. The number of benzene rings is 2.